The number of ether oxygens (including phenoxy) is 1. The number of nitrogens with zero attached hydrogens (tertiary/aromatic N) is 3. The molecule has 0 radical (unpaired) electrons. The van der Waals surface area contributed by atoms with Crippen molar-refractivity contribution in [1.29, 1.82) is 0 Å². The smallest absolute Gasteiger partial charge is 0.405 e. The minimum Gasteiger partial charge on any atom is -0.463 e. The highest BCUT2D eigenvalue weighted by molar-refractivity contribution is 5.35. The molecule has 0 saturated carbocycles. The molecule has 0 aromatic carbocycles. The monoisotopic (exact) mass is 265 g/mol. The molecule has 6 nitrogen and oxygen atoms in total. The van der Waals surface area contributed by atoms with Gasteiger partial charge in [-0.1, -0.05) is 6.92 Å². The number of hydrogen-bond acceptors (Lipinski definition) is 6. The molecular weight excluding hydrogens is 251 g/mol. The second-order valence-corrected chi connectivity index (χ2v) is 3.33. The van der Waals surface area contributed by atoms with Gasteiger partial charge in [-0.15, -0.1) is 0 Å². The Kier molecular flexibility index (Phi) is 4.93. The van der Waals surface area contributed by atoms with E-state index in [-0.39, 0.29) is 17.9 Å². The minimum absolute atomic E-state index is 0.0131. The van der Waals surface area contributed by atoms with Crippen molar-refractivity contribution in [2.24, 2.45) is 0 Å². The summed E-state index contributed by atoms with van der Waals surface area (Å²) in [5, 5.41) is 4.69. The van der Waals surface area contributed by atoms with Crippen LogP contribution in [0.1, 0.15) is 13.3 Å². The topological polar surface area (TPSA) is 72.0 Å². The van der Waals surface area contributed by atoms with Crippen LogP contribution in [0.25, 0.3) is 0 Å². The second kappa shape index (κ2) is 6.22. The zero-order valence-corrected chi connectivity index (χ0v) is 10.0. The fourth-order valence-electron chi connectivity index (χ4n) is 0.985. The molecule has 9 heteroatoms. The summed E-state index contributed by atoms with van der Waals surface area (Å²) in [6.45, 7) is 1.06. The van der Waals surface area contributed by atoms with Gasteiger partial charge in [-0.3, -0.25) is 0 Å². The molecular formula is C9H14F3N5O. The molecule has 0 aliphatic carbocycles. The van der Waals surface area contributed by atoms with Crippen LogP contribution in [-0.2, 0) is 0 Å². The van der Waals surface area contributed by atoms with Crippen molar-refractivity contribution in [2.45, 2.75) is 19.5 Å². The highest BCUT2D eigenvalue weighted by atomic mass is 19.4. The molecule has 0 unspecified atom stereocenters. The van der Waals surface area contributed by atoms with Crippen LogP contribution < -0.4 is 15.4 Å². The SMILES string of the molecule is CCCOc1nc(NC)nc(NCC(F)(F)F)n1. The van der Waals surface area contributed by atoms with Crippen LogP contribution in [0.3, 0.4) is 0 Å². The maximum absolute atomic E-state index is 12.0. The summed E-state index contributed by atoms with van der Waals surface area (Å²) in [5.41, 5.74) is 0. The zero-order chi connectivity index (χ0) is 13.6. The van der Waals surface area contributed by atoms with E-state index in [4.69, 9.17) is 4.74 Å². The van der Waals surface area contributed by atoms with Gasteiger partial charge in [-0.2, -0.15) is 28.1 Å². The van der Waals surface area contributed by atoms with E-state index in [1.165, 1.54) is 0 Å². The van der Waals surface area contributed by atoms with Crippen molar-refractivity contribution >= 4 is 11.9 Å². The molecule has 0 aliphatic rings. The molecule has 0 amide bonds. The predicted octanol–water partition coefficient (Wildman–Crippen LogP) is 1.68. The summed E-state index contributed by atoms with van der Waals surface area (Å²) in [4.78, 5) is 11.3. The number of halogens is 3. The molecule has 18 heavy (non-hydrogen) atoms. The Morgan fingerprint density at radius 3 is 2.39 bits per heavy atom. The highest BCUT2D eigenvalue weighted by Crippen LogP contribution is 2.16. The molecule has 0 fully saturated rings. The van der Waals surface area contributed by atoms with Gasteiger partial charge in [0.05, 0.1) is 6.61 Å². The van der Waals surface area contributed by atoms with Crippen molar-refractivity contribution in [3.63, 3.8) is 0 Å². The normalized spacial score (nSPS) is 11.2. The minimum atomic E-state index is -4.34. The van der Waals surface area contributed by atoms with Crippen LogP contribution in [0.15, 0.2) is 0 Å². The quantitative estimate of drug-likeness (QED) is 0.815. The van der Waals surface area contributed by atoms with E-state index in [0.717, 1.165) is 6.42 Å². The Morgan fingerprint density at radius 1 is 1.17 bits per heavy atom. The molecule has 1 aromatic rings. The van der Waals surface area contributed by atoms with Crippen LogP contribution in [0.2, 0.25) is 0 Å². The van der Waals surface area contributed by atoms with E-state index < -0.39 is 12.7 Å². The van der Waals surface area contributed by atoms with Crippen LogP contribution in [0.5, 0.6) is 6.01 Å². The van der Waals surface area contributed by atoms with E-state index in [0.29, 0.717) is 6.61 Å². The number of nitrogens with one attached hydrogen (secondary N) is 2. The zero-order valence-electron chi connectivity index (χ0n) is 10.0. The number of hydrogen-bond donors (Lipinski definition) is 2. The van der Waals surface area contributed by atoms with Crippen molar-refractivity contribution in [3.8, 4) is 6.01 Å². The van der Waals surface area contributed by atoms with Crippen LogP contribution in [0.4, 0.5) is 25.1 Å². The van der Waals surface area contributed by atoms with Crippen LogP contribution in [-0.4, -0.2) is 41.3 Å². The number of anilines is 2. The van der Waals surface area contributed by atoms with E-state index in [2.05, 4.69) is 25.6 Å². The average molecular weight is 265 g/mol. The summed E-state index contributed by atoms with van der Waals surface area (Å²) < 4.78 is 41.3. The van der Waals surface area contributed by atoms with E-state index >= 15 is 0 Å². The van der Waals surface area contributed by atoms with Gasteiger partial charge in [-0.25, -0.2) is 0 Å². The number of rotatable bonds is 6. The van der Waals surface area contributed by atoms with Gasteiger partial charge < -0.3 is 15.4 Å². The van der Waals surface area contributed by atoms with E-state index in [1.807, 2.05) is 6.92 Å². The molecule has 0 spiro atoms. The van der Waals surface area contributed by atoms with Crippen molar-refractivity contribution in [3.05, 3.63) is 0 Å². The molecule has 1 heterocycles. The fourth-order valence-corrected chi connectivity index (χ4v) is 0.985. The van der Waals surface area contributed by atoms with Crippen molar-refractivity contribution in [2.75, 3.05) is 30.8 Å². The largest absolute Gasteiger partial charge is 0.463 e. The number of aromatic nitrogens is 3. The molecule has 0 aliphatic heterocycles. The van der Waals surface area contributed by atoms with E-state index in [9.17, 15) is 13.2 Å². The Bertz CT molecular complexity index is 385. The van der Waals surface area contributed by atoms with E-state index in [1.54, 1.807) is 7.05 Å². The lowest BCUT2D eigenvalue weighted by Crippen LogP contribution is -2.23. The van der Waals surface area contributed by atoms with Gasteiger partial charge in [0.2, 0.25) is 11.9 Å². The van der Waals surface area contributed by atoms with Gasteiger partial charge >= 0.3 is 12.2 Å². The Hall–Kier alpha value is -1.80. The van der Waals surface area contributed by atoms with Gasteiger partial charge in [0, 0.05) is 7.05 Å². The fraction of sp³-hybridized carbons (Fsp3) is 0.667. The van der Waals surface area contributed by atoms with Crippen LogP contribution in [0, 0.1) is 0 Å². The van der Waals surface area contributed by atoms with Gasteiger partial charge in [0.1, 0.15) is 6.54 Å². The van der Waals surface area contributed by atoms with Gasteiger partial charge in [-0.05, 0) is 6.42 Å². The molecule has 0 saturated heterocycles. The Labute approximate surface area is 102 Å². The first-order valence-corrected chi connectivity index (χ1v) is 5.32. The molecule has 102 valence electrons. The molecule has 0 bridgehead atoms. The molecule has 1 aromatic heterocycles. The lowest BCUT2D eigenvalue weighted by molar-refractivity contribution is -0.115. The predicted molar refractivity (Wildman–Crippen MR) is 59.7 cm³/mol. The Balaban J connectivity index is 2.76. The van der Waals surface area contributed by atoms with Gasteiger partial charge in [0.15, 0.2) is 0 Å². The second-order valence-electron chi connectivity index (χ2n) is 3.33. The average Bonchev–Trinajstić information content (AvgIpc) is 2.32. The highest BCUT2D eigenvalue weighted by Gasteiger charge is 2.27. The maximum atomic E-state index is 12.0. The third-order valence-corrected chi connectivity index (χ3v) is 1.72. The standard InChI is InChI=1S/C9H14F3N5O/c1-3-4-18-8-16-6(13-2)15-7(17-8)14-5-9(10,11)12/h3-5H2,1-2H3,(H2,13,14,15,16,17). The maximum Gasteiger partial charge on any atom is 0.405 e. The summed E-state index contributed by atoms with van der Waals surface area (Å²) in [6.07, 6.45) is -3.59. The van der Waals surface area contributed by atoms with Crippen molar-refractivity contribution < 1.29 is 17.9 Å². The lowest BCUT2D eigenvalue weighted by Gasteiger charge is -2.10. The summed E-state index contributed by atoms with van der Waals surface area (Å²) >= 11 is 0. The van der Waals surface area contributed by atoms with Crippen LogP contribution >= 0.6 is 0 Å². The lowest BCUT2D eigenvalue weighted by atomic mass is 10.5. The third kappa shape index (κ3) is 5.02. The Morgan fingerprint density at radius 2 is 1.83 bits per heavy atom. The molecule has 2 N–H and O–H groups in total. The number of alkyl halides is 3. The first-order valence-electron chi connectivity index (χ1n) is 5.32. The first kappa shape index (κ1) is 14.3. The van der Waals surface area contributed by atoms with Crippen molar-refractivity contribution in [1.82, 2.24) is 15.0 Å². The summed E-state index contributed by atoms with van der Waals surface area (Å²) in [6, 6.07) is -0.0131. The molecule has 1 rings (SSSR count). The molecule has 0 atom stereocenters. The first-order chi connectivity index (χ1) is 8.44. The summed E-state index contributed by atoms with van der Waals surface area (Å²) in [7, 11) is 1.55. The third-order valence-electron chi connectivity index (χ3n) is 1.72. The van der Waals surface area contributed by atoms with Gasteiger partial charge in [0.25, 0.3) is 0 Å². The summed E-state index contributed by atoms with van der Waals surface area (Å²) in [5.74, 6) is -0.0430.